The fourth-order valence-corrected chi connectivity index (χ4v) is 3.69. The van der Waals surface area contributed by atoms with Gasteiger partial charge < -0.3 is 11.1 Å². The van der Waals surface area contributed by atoms with Gasteiger partial charge in [-0.05, 0) is 54.5 Å². The lowest BCUT2D eigenvalue weighted by atomic mass is 10.1. The predicted molar refractivity (Wildman–Crippen MR) is 135 cm³/mol. The molecule has 0 radical (unpaired) electrons. The van der Waals surface area contributed by atoms with Gasteiger partial charge in [-0.1, -0.05) is 65.1 Å². The molecule has 0 saturated heterocycles. The van der Waals surface area contributed by atoms with Crippen molar-refractivity contribution >= 4 is 52.1 Å². The number of hydrogen-bond donors (Lipinski definition) is 2. The van der Waals surface area contributed by atoms with Crippen molar-refractivity contribution in [2.45, 2.75) is 12.6 Å². The van der Waals surface area contributed by atoms with Crippen LogP contribution in [0.15, 0.2) is 83.5 Å². The number of halogens is 6. The van der Waals surface area contributed by atoms with Crippen LogP contribution in [0.1, 0.15) is 21.5 Å². The first kappa shape index (κ1) is 26.6. The van der Waals surface area contributed by atoms with Gasteiger partial charge in [0, 0.05) is 27.7 Å². The molecule has 1 amide bonds. The molecule has 3 aromatic carbocycles. The topological polar surface area (TPSA) is 67.5 Å². The molecule has 0 fully saturated rings. The van der Waals surface area contributed by atoms with Gasteiger partial charge >= 0.3 is 6.18 Å². The number of rotatable bonds is 7. The SMILES string of the molecule is NC(=CC(=Nc1ccccc1Cl)c1ccc(C(=O)NCCc2ccc(Cl)cc2Cl)cc1)C(F)(F)F. The Hall–Kier alpha value is -3.00. The number of para-hydroxylation sites is 1. The Labute approximate surface area is 215 Å². The quantitative estimate of drug-likeness (QED) is 0.313. The summed E-state index contributed by atoms with van der Waals surface area (Å²) in [4.78, 5) is 16.8. The van der Waals surface area contributed by atoms with Crippen LogP contribution in [0.25, 0.3) is 0 Å². The number of amides is 1. The van der Waals surface area contributed by atoms with Crippen molar-refractivity contribution in [1.82, 2.24) is 5.32 Å². The summed E-state index contributed by atoms with van der Waals surface area (Å²) in [6, 6.07) is 17.5. The largest absolute Gasteiger partial charge is 0.430 e. The van der Waals surface area contributed by atoms with Crippen LogP contribution in [0.2, 0.25) is 15.1 Å². The molecule has 0 bridgehead atoms. The first-order chi connectivity index (χ1) is 16.5. The van der Waals surface area contributed by atoms with E-state index in [0.29, 0.717) is 34.1 Å². The fraction of sp³-hybridized carbons (Fsp3) is 0.120. The molecule has 0 atom stereocenters. The third kappa shape index (κ3) is 7.49. The Morgan fingerprint density at radius 1 is 0.943 bits per heavy atom. The first-order valence-electron chi connectivity index (χ1n) is 10.2. The number of benzene rings is 3. The van der Waals surface area contributed by atoms with E-state index in [1.165, 1.54) is 24.3 Å². The Bertz CT molecular complexity index is 1270. The second kappa shape index (κ2) is 11.6. The van der Waals surface area contributed by atoms with Gasteiger partial charge in [0.25, 0.3) is 5.91 Å². The molecule has 10 heteroatoms. The van der Waals surface area contributed by atoms with Gasteiger partial charge in [0.05, 0.1) is 16.4 Å². The average Bonchev–Trinajstić information content (AvgIpc) is 2.80. The molecule has 35 heavy (non-hydrogen) atoms. The number of carbonyl (C=O) groups excluding carboxylic acids is 1. The molecule has 0 unspecified atom stereocenters. The lowest BCUT2D eigenvalue weighted by Crippen LogP contribution is -2.25. The van der Waals surface area contributed by atoms with Gasteiger partial charge in [-0.15, -0.1) is 0 Å². The molecular weight excluding hydrogens is 522 g/mol. The van der Waals surface area contributed by atoms with Crippen LogP contribution < -0.4 is 11.1 Å². The summed E-state index contributed by atoms with van der Waals surface area (Å²) in [6.07, 6.45) is -3.50. The molecular formula is C25H19Cl3F3N3O. The summed E-state index contributed by atoms with van der Waals surface area (Å²) in [5, 5.41) is 4.07. The van der Waals surface area contributed by atoms with Crippen molar-refractivity contribution in [2.24, 2.45) is 10.7 Å². The van der Waals surface area contributed by atoms with E-state index in [9.17, 15) is 18.0 Å². The van der Waals surface area contributed by atoms with Crippen LogP contribution in [0.3, 0.4) is 0 Å². The molecule has 0 spiro atoms. The smallest absolute Gasteiger partial charge is 0.395 e. The standard InChI is InChI=1S/C25H19Cl3F3N3O/c26-18-10-9-15(20(28)13-18)11-12-33-24(35)17-7-5-16(6-8-17)22(14-23(32)25(29,30)31)34-21-4-2-1-3-19(21)27/h1-10,13-14H,11-12,32H2,(H,33,35). The molecule has 3 rings (SSSR count). The lowest BCUT2D eigenvalue weighted by Gasteiger charge is -2.10. The second-order valence-electron chi connectivity index (χ2n) is 7.36. The Balaban J connectivity index is 1.78. The normalized spacial score (nSPS) is 12.5. The summed E-state index contributed by atoms with van der Waals surface area (Å²) in [7, 11) is 0. The molecule has 0 aliphatic heterocycles. The van der Waals surface area contributed by atoms with E-state index in [-0.39, 0.29) is 22.3 Å². The van der Waals surface area contributed by atoms with E-state index in [1.807, 2.05) is 0 Å². The summed E-state index contributed by atoms with van der Waals surface area (Å²) < 4.78 is 39.2. The summed E-state index contributed by atoms with van der Waals surface area (Å²) >= 11 is 18.1. The van der Waals surface area contributed by atoms with Crippen molar-refractivity contribution in [1.29, 1.82) is 0 Å². The van der Waals surface area contributed by atoms with Gasteiger partial charge in [0.15, 0.2) is 0 Å². The number of nitrogens with one attached hydrogen (secondary N) is 1. The number of aliphatic imine (C=N–C) groups is 1. The second-order valence-corrected chi connectivity index (χ2v) is 8.62. The number of allylic oxidation sites excluding steroid dienone is 2. The molecule has 0 saturated carbocycles. The number of nitrogens with zero attached hydrogens (tertiary/aromatic N) is 1. The highest BCUT2D eigenvalue weighted by Crippen LogP contribution is 2.27. The van der Waals surface area contributed by atoms with Crippen LogP contribution >= 0.6 is 34.8 Å². The van der Waals surface area contributed by atoms with Crippen LogP contribution in [-0.4, -0.2) is 24.3 Å². The maximum absolute atomic E-state index is 13.1. The summed E-state index contributed by atoms with van der Waals surface area (Å²) in [6.45, 7) is 0.325. The van der Waals surface area contributed by atoms with Crippen LogP contribution in [0.4, 0.5) is 18.9 Å². The maximum atomic E-state index is 13.1. The average molecular weight is 541 g/mol. The van der Waals surface area contributed by atoms with Crippen LogP contribution in [0.5, 0.6) is 0 Å². The lowest BCUT2D eigenvalue weighted by molar-refractivity contribution is -0.0925. The maximum Gasteiger partial charge on any atom is 0.430 e. The molecule has 182 valence electrons. The van der Waals surface area contributed by atoms with Crippen molar-refractivity contribution in [2.75, 3.05) is 6.54 Å². The zero-order valence-electron chi connectivity index (χ0n) is 18.0. The molecule has 0 aromatic heterocycles. The van der Waals surface area contributed by atoms with Gasteiger partial charge in [-0.3, -0.25) is 4.79 Å². The van der Waals surface area contributed by atoms with Gasteiger partial charge in [0.2, 0.25) is 0 Å². The molecule has 3 aromatic rings. The minimum Gasteiger partial charge on any atom is -0.395 e. The number of hydrogen-bond acceptors (Lipinski definition) is 3. The van der Waals surface area contributed by atoms with E-state index in [2.05, 4.69) is 10.3 Å². The van der Waals surface area contributed by atoms with Crippen LogP contribution in [-0.2, 0) is 6.42 Å². The van der Waals surface area contributed by atoms with Gasteiger partial charge in [-0.25, -0.2) is 4.99 Å². The Kier molecular flexibility index (Phi) is 8.83. The molecule has 0 heterocycles. The highest BCUT2D eigenvalue weighted by Gasteiger charge is 2.31. The monoisotopic (exact) mass is 539 g/mol. The predicted octanol–water partition coefficient (Wildman–Crippen LogP) is 7.15. The highest BCUT2D eigenvalue weighted by atomic mass is 35.5. The zero-order valence-corrected chi connectivity index (χ0v) is 20.3. The van der Waals surface area contributed by atoms with Crippen molar-refractivity contribution in [3.8, 4) is 0 Å². The van der Waals surface area contributed by atoms with Crippen molar-refractivity contribution in [3.63, 3.8) is 0 Å². The van der Waals surface area contributed by atoms with Crippen molar-refractivity contribution in [3.05, 3.63) is 110 Å². The molecule has 0 aliphatic carbocycles. The Morgan fingerprint density at radius 3 is 2.23 bits per heavy atom. The van der Waals surface area contributed by atoms with Crippen LogP contribution in [0, 0.1) is 0 Å². The van der Waals surface area contributed by atoms with E-state index in [1.54, 1.807) is 42.5 Å². The first-order valence-corrected chi connectivity index (χ1v) is 11.4. The number of nitrogens with two attached hydrogens (primary N) is 1. The third-order valence-electron chi connectivity index (χ3n) is 4.85. The van der Waals surface area contributed by atoms with Crippen molar-refractivity contribution < 1.29 is 18.0 Å². The number of alkyl halides is 3. The van der Waals surface area contributed by atoms with Gasteiger partial charge in [0.1, 0.15) is 5.70 Å². The summed E-state index contributed by atoms with van der Waals surface area (Å²) in [5.74, 6) is -0.350. The molecule has 0 aliphatic rings. The van der Waals surface area contributed by atoms with E-state index < -0.39 is 11.9 Å². The minimum atomic E-state index is -4.73. The van der Waals surface area contributed by atoms with Gasteiger partial charge in [-0.2, -0.15) is 13.2 Å². The minimum absolute atomic E-state index is 0.0581. The Morgan fingerprint density at radius 2 is 1.60 bits per heavy atom. The van der Waals surface area contributed by atoms with E-state index in [4.69, 9.17) is 40.5 Å². The zero-order chi connectivity index (χ0) is 25.6. The molecule has 3 N–H and O–H groups in total. The highest BCUT2D eigenvalue weighted by molar-refractivity contribution is 6.35. The summed E-state index contributed by atoms with van der Waals surface area (Å²) in [5.41, 5.74) is 5.60. The third-order valence-corrected chi connectivity index (χ3v) is 5.76. The fourth-order valence-electron chi connectivity index (χ4n) is 3.01. The van der Waals surface area contributed by atoms with E-state index >= 15 is 0 Å². The number of carbonyl (C=O) groups is 1. The molecule has 4 nitrogen and oxygen atoms in total. The van der Waals surface area contributed by atoms with E-state index in [0.717, 1.165) is 11.6 Å².